The highest BCUT2D eigenvalue weighted by molar-refractivity contribution is 5.75. The van der Waals surface area contributed by atoms with Crippen molar-refractivity contribution < 1.29 is 14.7 Å². The maximum atomic E-state index is 10.6. The molecule has 0 amide bonds. The molecule has 0 aromatic heterocycles. The SMILES string of the molecule is NC(C=O)c1ccc(C(N)C(=O)O)cc1. The Hall–Kier alpha value is -1.72. The lowest BCUT2D eigenvalue weighted by molar-refractivity contribution is -0.138. The Morgan fingerprint density at radius 1 is 1.20 bits per heavy atom. The van der Waals surface area contributed by atoms with Gasteiger partial charge in [0, 0.05) is 0 Å². The zero-order valence-electron chi connectivity index (χ0n) is 7.96. The highest BCUT2D eigenvalue weighted by atomic mass is 16.4. The molecule has 5 heteroatoms. The van der Waals surface area contributed by atoms with Gasteiger partial charge in [-0.2, -0.15) is 0 Å². The van der Waals surface area contributed by atoms with Gasteiger partial charge in [-0.3, -0.25) is 4.79 Å². The van der Waals surface area contributed by atoms with Gasteiger partial charge in [-0.05, 0) is 11.1 Å². The van der Waals surface area contributed by atoms with Gasteiger partial charge < -0.3 is 21.4 Å². The number of hydrogen-bond donors (Lipinski definition) is 3. The van der Waals surface area contributed by atoms with Crippen LogP contribution in [0.2, 0.25) is 0 Å². The average Bonchev–Trinajstić information content (AvgIpc) is 2.27. The van der Waals surface area contributed by atoms with Gasteiger partial charge in [0.15, 0.2) is 0 Å². The van der Waals surface area contributed by atoms with E-state index < -0.39 is 18.1 Å². The molecule has 1 rings (SSSR count). The quantitative estimate of drug-likeness (QED) is 0.602. The molecule has 0 saturated heterocycles. The van der Waals surface area contributed by atoms with Gasteiger partial charge in [0.1, 0.15) is 12.3 Å². The number of carboxylic acid groups (broad SMARTS) is 1. The van der Waals surface area contributed by atoms with Crippen molar-refractivity contribution in [2.75, 3.05) is 0 Å². The molecule has 5 nitrogen and oxygen atoms in total. The fraction of sp³-hybridized carbons (Fsp3) is 0.200. The second-order valence-electron chi connectivity index (χ2n) is 3.14. The fourth-order valence-electron chi connectivity index (χ4n) is 1.15. The van der Waals surface area contributed by atoms with E-state index in [9.17, 15) is 9.59 Å². The van der Waals surface area contributed by atoms with Gasteiger partial charge in [0.05, 0.1) is 6.04 Å². The predicted octanol–water partition coefficient (Wildman–Crippen LogP) is -0.0303. The molecule has 0 aliphatic heterocycles. The number of aldehydes is 1. The number of hydrogen-bond acceptors (Lipinski definition) is 4. The van der Waals surface area contributed by atoms with Crippen LogP contribution in [0.1, 0.15) is 23.2 Å². The maximum Gasteiger partial charge on any atom is 0.325 e. The van der Waals surface area contributed by atoms with Gasteiger partial charge >= 0.3 is 5.97 Å². The smallest absolute Gasteiger partial charge is 0.325 e. The van der Waals surface area contributed by atoms with Gasteiger partial charge in [0.25, 0.3) is 0 Å². The first kappa shape index (κ1) is 11.4. The monoisotopic (exact) mass is 208 g/mol. The Balaban J connectivity index is 2.89. The lowest BCUT2D eigenvalue weighted by Crippen LogP contribution is -2.20. The van der Waals surface area contributed by atoms with Gasteiger partial charge in [-0.15, -0.1) is 0 Å². The fourth-order valence-corrected chi connectivity index (χ4v) is 1.15. The number of nitrogens with two attached hydrogens (primary N) is 2. The summed E-state index contributed by atoms with van der Waals surface area (Å²) in [6.45, 7) is 0. The summed E-state index contributed by atoms with van der Waals surface area (Å²) in [6, 6.07) is 4.57. The first-order chi connectivity index (χ1) is 7.06. The topological polar surface area (TPSA) is 106 Å². The lowest BCUT2D eigenvalue weighted by Gasteiger charge is -2.08. The Morgan fingerprint density at radius 3 is 2.07 bits per heavy atom. The minimum absolute atomic E-state index is 0.476. The van der Waals surface area contributed by atoms with Crippen molar-refractivity contribution in [3.63, 3.8) is 0 Å². The van der Waals surface area contributed by atoms with Crippen molar-refractivity contribution in [1.82, 2.24) is 0 Å². The number of carbonyl (C=O) groups is 2. The van der Waals surface area contributed by atoms with Crippen molar-refractivity contribution in [3.8, 4) is 0 Å². The van der Waals surface area contributed by atoms with E-state index in [1.807, 2.05) is 0 Å². The minimum Gasteiger partial charge on any atom is -0.480 e. The van der Waals surface area contributed by atoms with E-state index in [0.717, 1.165) is 0 Å². The molecule has 80 valence electrons. The van der Waals surface area contributed by atoms with Crippen LogP contribution in [0.5, 0.6) is 0 Å². The van der Waals surface area contributed by atoms with E-state index in [4.69, 9.17) is 16.6 Å². The molecule has 0 bridgehead atoms. The second-order valence-corrected chi connectivity index (χ2v) is 3.14. The molecule has 0 heterocycles. The van der Waals surface area contributed by atoms with Crippen molar-refractivity contribution in [2.24, 2.45) is 11.5 Å². The standard InChI is InChI=1S/C10H12N2O3/c11-8(5-13)6-1-3-7(4-2-6)9(12)10(14)15/h1-5,8-9H,11-12H2,(H,14,15). The minimum atomic E-state index is -1.09. The van der Waals surface area contributed by atoms with Gasteiger partial charge in [-0.1, -0.05) is 24.3 Å². The predicted molar refractivity (Wildman–Crippen MR) is 54.0 cm³/mol. The lowest BCUT2D eigenvalue weighted by atomic mass is 10.0. The molecule has 0 radical (unpaired) electrons. The molecule has 0 aliphatic rings. The third kappa shape index (κ3) is 2.61. The van der Waals surface area contributed by atoms with Crippen LogP contribution in [-0.2, 0) is 9.59 Å². The maximum absolute atomic E-state index is 10.6. The number of aliphatic carboxylic acids is 1. The molecule has 0 spiro atoms. The van der Waals surface area contributed by atoms with Crippen molar-refractivity contribution in [1.29, 1.82) is 0 Å². The van der Waals surface area contributed by atoms with E-state index in [-0.39, 0.29) is 0 Å². The molecule has 1 aromatic rings. The summed E-state index contributed by atoms with van der Waals surface area (Å²) < 4.78 is 0. The second kappa shape index (κ2) is 4.68. The van der Waals surface area contributed by atoms with Gasteiger partial charge in [-0.25, -0.2) is 0 Å². The summed E-state index contributed by atoms with van der Waals surface area (Å²) in [4.78, 5) is 21.0. The highest BCUT2D eigenvalue weighted by Gasteiger charge is 2.14. The van der Waals surface area contributed by atoms with Crippen LogP contribution < -0.4 is 11.5 Å². The molecule has 1 aromatic carbocycles. The van der Waals surface area contributed by atoms with E-state index in [0.29, 0.717) is 17.4 Å². The third-order valence-corrected chi connectivity index (χ3v) is 2.09. The van der Waals surface area contributed by atoms with E-state index in [2.05, 4.69) is 0 Å². The molecule has 15 heavy (non-hydrogen) atoms. The van der Waals surface area contributed by atoms with Crippen LogP contribution in [0.25, 0.3) is 0 Å². The number of benzene rings is 1. The average molecular weight is 208 g/mol. The molecule has 0 saturated carbocycles. The zero-order chi connectivity index (χ0) is 11.4. The normalized spacial score (nSPS) is 14.3. The third-order valence-electron chi connectivity index (χ3n) is 2.09. The molecular weight excluding hydrogens is 196 g/mol. The Labute approximate surface area is 86.7 Å². The highest BCUT2D eigenvalue weighted by Crippen LogP contribution is 2.14. The number of carbonyl (C=O) groups excluding carboxylic acids is 1. The summed E-state index contributed by atoms with van der Waals surface area (Å²) in [5, 5.41) is 8.65. The summed E-state index contributed by atoms with van der Waals surface area (Å²) in [5.41, 5.74) is 12.0. The summed E-state index contributed by atoms with van der Waals surface area (Å²) >= 11 is 0. The summed E-state index contributed by atoms with van der Waals surface area (Å²) in [7, 11) is 0. The largest absolute Gasteiger partial charge is 0.480 e. The van der Waals surface area contributed by atoms with Crippen molar-refractivity contribution in [2.45, 2.75) is 12.1 Å². The van der Waals surface area contributed by atoms with Crippen molar-refractivity contribution >= 4 is 12.3 Å². The van der Waals surface area contributed by atoms with Crippen LogP contribution >= 0.6 is 0 Å². The van der Waals surface area contributed by atoms with E-state index >= 15 is 0 Å². The van der Waals surface area contributed by atoms with Crippen LogP contribution in [0.15, 0.2) is 24.3 Å². The van der Waals surface area contributed by atoms with Crippen molar-refractivity contribution in [3.05, 3.63) is 35.4 Å². The van der Waals surface area contributed by atoms with Crippen LogP contribution in [0, 0.1) is 0 Å². The van der Waals surface area contributed by atoms with Crippen LogP contribution in [0.3, 0.4) is 0 Å². The first-order valence-electron chi connectivity index (χ1n) is 4.35. The van der Waals surface area contributed by atoms with Crippen LogP contribution in [0.4, 0.5) is 0 Å². The molecule has 0 fully saturated rings. The Bertz CT molecular complexity index is 361. The Kier molecular flexibility index (Phi) is 3.54. The number of carboxylic acids is 1. The molecule has 2 atom stereocenters. The Morgan fingerprint density at radius 2 is 1.67 bits per heavy atom. The van der Waals surface area contributed by atoms with E-state index in [1.165, 1.54) is 0 Å². The number of rotatable bonds is 4. The molecule has 5 N–H and O–H groups in total. The first-order valence-corrected chi connectivity index (χ1v) is 4.35. The zero-order valence-corrected chi connectivity index (χ0v) is 7.96. The molecule has 2 unspecified atom stereocenters. The van der Waals surface area contributed by atoms with E-state index in [1.54, 1.807) is 24.3 Å². The summed E-state index contributed by atoms with van der Waals surface area (Å²) in [6.07, 6.45) is 0.617. The molecule has 0 aliphatic carbocycles. The summed E-state index contributed by atoms with van der Waals surface area (Å²) in [5.74, 6) is -1.09. The van der Waals surface area contributed by atoms with Crippen LogP contribution in [-0.4, -0.2) is 17.4 Å². The molecular formula is C10H12N2O3. The van der Waals surface area contributed by atoms with Gasteiger partial charge in [0.2, 0.25) is 0 Å².